The van der Waals surface area contributed by atoms with Crippen LogP contribution in [0.15, 0.2) is 12.2 Å². The van der Waals surface area contributed by atoms with Crippen molar-refractivity contribution in [2.75, 3.05) is 6.61 Å². The van der Waals surface area contributed by atoms with Gasteiger partial charge in [0.1, 0.15) is 0 Å². The maximum Gasteiger partial charge on any atom is 0.184 e. The standard InChI is InChI=1S/C8H16O2Si/c1-5-6-8(9)7-10-11(2,3)4/h5-6H,7H2,1-4H3. The molecule has 0 amide bonds. The molecule has 0 rings (SSSR count). The summed E-state index contributed by atoms with van der Waals surface area (Å²) >= 11 is 0. The van der Waals surface area contributed by atoms with Crippen LogP contribution in [-0.4, -0.2) is 20.7 Å². The maximum atomic E-state index is 10.9. The van der Waals surface area contributed by atoms with Crippen LogP contribution in [0.3, 0.4) is 0 Å². The lowest BCUT2D eigenvalue weighted by Crippen LogP contribution is -2.28. The lowest BCUT2D eigenvalue weighted by atomic mass is 10.4. The molecule has 0 N–H and O–H groups in total. The highest BCUT2D eigenvalue weighted by Gasteiger charge is 2.14. The van der Waals surface area contributed by atoms with E-state index < -0.39 is 8.32 Å². The second-order valence-corrected chi connectivity index (χ2v) is 7.88. The van der Waals surface area contributed by atoms with Crippen LogP contribution in [0.1, 0.15) is 6.92 Å². The Morgan fingerprint density at radius 1 is 1.45 bits per heavy atom. The lowest BCUT2D eigenvalue weighted by molar-refractivity contribution is -0.116. The van der Waals surface area contributed by atoms with Gasteiger partial charge in [0.15, 0.2) is 14.1 Å². The fraction of sp³-hybridized carbons (Fsp3) is 0.625. The molecule has 0 saturated carbocycles. The summed E-state index contributed by atoms with van der Waals surface area (Å²) in [6.45, 7) is 8.26. The Morgan fingerprint density at radius 2 is 2.00 bits per heavy atom. The van der Waals surface area contributed by atoms with E-state index in [4.69, 9.17) is 4.43 Å². The summed E-state index contributed by atoms with van der Waals surface area (Å²) in [6.07, 6.45) is 3.27. The molecule has 0 fully saturated rings. The molecule has 0 aromatic carbocycles. The van der Waals surface area contributed by atoms with E-state index in [9.17, 15) is 4.79 Å². The lowest BCUT2D eigenvalue weighted by Gasteiger charge is -2.15. The molecule has 0 aliphatic rings. The van der Waals surface area contributed by atoms with Gasteiger partial charge in [0.2, 0.25) is 0 Å². The van der Waals surface area contributed by atoms with Crippen LogP contribution in [0, 0.1) is 0 Å². The summed E-state index contributed by atoms with van der Waals surface area (Å²) in [5.41, 5.74) is 0. The molecule has 0 aliphatic carbocycles. The summed E-state index contributed by atoms with van der Waals surface area (Å²) < 4.78 is 5.38. The Hall–Kier alpha value is -0.413. The van der Waals surface area contributed by atoms with Crippen molar-refractivity contribution < 1.29 is 9.22 Å². The zero-order valence-electron chi connectivity index (χ0n) is 7.68. The van der Waals surface area contributed by atoms with Crippen molar-refractivity contribution in [1.29, 1.82) is 0 Å². The van der Waals surface area contributed by atoms with E-state index in [0.717, 1.165) is 0 Å². The summed E-state index contributed by atoms with van der Waals surface area (Å²) in [4.78, 5) is 10.9. The molecule has 0 saturated heterocycles. The van der Waals surface area contributed by atoms with E-state index >= 15 is 0 Å². The Bertz CT molecular complexity index is 156. The highest BCUT2D eigenvalue weighted by molar-refractivity contribution is 6.69. The third-order valence-corrected chi connectivity index (χ3v) is 2.01. The zero-order chi connectivity index (χ0) is 8.91. The second-order valence-electron chi connectivity index (χ2n) is 3.37. The molecule has 0 bridgehead atoms. The third kappa shape index (κ3) is 7.48. The van der Waals surface area contributed by atoms with Gasteiger partial charge in [-0.15, -0.1) is 0 Å². The van der Waals surface area contributed by atoms with Crippen LogP contribution in [0.5, 0.6) is 0 Å². The van der Waals surface area contributed by atoms with Crippen molar-refractivity contribution >= 4 is 14.1 Å². The summed E-state index contributed by atoms with van der Waals surface area (Å²) in [5, 5.41) is 0. The SMILES string of the molecule is CC=CC(=O)CO[Si](C)(C)C. The van der Waals surface area contributed by atoms with Gasteiger partial charge in [-0.25, -0.2) is 0 Å². The highest BCUT2D eigenvalue weighted by Crippen LogP contribution is 2.01. The van der Waals surface area contributed by atoms with E-state index in [1.807, 2.05) is 6.92 Å². The third-order valence-electron chi connectivity index (χ3n) is 1.000. The fourth-order valence-corrected chi connectivity index (χ4v) is 1.10. The molecule has 0 heterocycles. The first-order valence-electron chi connectivity index (χ1n) is 3.75. The molecule has 11 heavy (non-hydrogen) atoms. The highest BCUT2D eigenvalue weighted by atomic mass is 28.4. The normalized spacial score (nSPS) is 12.4. The second kappa shape index (κ2) is 4.46. The van der Waals surface area contributed by atoms with Crippen LogP contribution >= 0.6 is 0 Å². The molecular formula is C8H16O2Si. The monoisotopic (exact) mass is 172 g/mol. The molecule has 0 atom stereocenters. The van der Waals surface area contributed by atoms with Crippen molar-refractivity contribution in [3.63, 3.8) is 0 Å². The van der Waals surface area contributed by atoms with E-state index in [1.54, 1.807) is 12.2 Å². The topological polar surface area (TPSA) is 26.3 Å². The van der Waals surface area contributed by atoms with Crippen molar-refractivity contribution in [1.82, 2.24) is 0 Å². The minimum atomic E-state index is -1.50. The number of rotatable bonds is 4. The molecule has 64 valence electrons. The van der Waals surface area contributed by atoms with Crippen molar-refractivity contribution in [3.8, 4) is 0 Å². The van der Waals surface area contributed by atoms with Crippen molar-refractivity contribution in [2.45, 2.75) is 26.6 Å². The molecule has 0 aromatic heterocycles. The summed E-state index contributed by atoms with van der Waals surface area (Å²) in [6, 6.07) is 0. The van der Waals surface area contributed by atoms with Crippen LogP contribution in [0.25, 0.3) is 0 Å². The number of ketones is 1. The zero-order valence-corrected chi connectivity index (χ0v) is 8.68. The minimum absolute atomic E-state index is 0.0509. The van der Waals surface area contributed by atoms with Crippen LogP contribution in [0.2, 0.25) is 19.6 Å². The van der Waals surface area contributed by atoms with Crippen molar-refractivity contribution in [3.05, 3.63) is 12.2 Å². The van der Waals surface area contributed by atoms with Gasteiger partial charge in [0.05, 0.1) is 6.61 Å². The van der Waals surface area contributed by atoms with Gasteiger partial charge >= 0.3 is 0 Å². The number of carbonyl (C=O) groups excluding carboxylic acids is 1. The first-order valence-corrected chi connectivity index (χ1v) is 7.16. The number of hydrogen-bond donors (Lipinski definition) is 0. The van der Waals surface area contributed by atoms with E-state index in [2.05, 4.69) is 19.6 Å². The molecule has 3 heteroatoms. The Balaban J connectivity index is 3.63. The van der Waals surface area contributed by atoms with Gasteiger partial charge in [-0.1, -0.05) is 6.08 Å². The van der Waals surface area contributed by atoms with E-state index in [-0.39, 0.29) is 12.4 Å². The van der Waals surface area contributed by atoms with E-state index in [1.165, 1.54) is 0 Å². The fourth-order valence-electron chi connectivity index (χ4n) is 0.522. The van der Waals surface area contributed by atoms with Gasteiger partial charge in [-0.3, -0.25) is 4.79 Å². The Kier molecular flexibility index (Phi) is 4.29. The molecule has 0 radical (unpaired) electrons. The first kappa shape index (κ1) is 10.6. The molecule has 0 spiro atoms. The number of carbonyl (C=O) groups is 1. The van der Waals surface area contributed by atoms with Gasteiger partial charge in [0, 0.05) is 0 Å². The van der Waals surface area contributed by atoms with E-state index in [0.29, 0.717) is 0 Å². The molecule has 0 aliphatic heterocycles. The minimum Gasteiger partial charge on any atom is -0.410 e. The van der Waals surface area contributed by atoms with Gasteiger partial charge < -0.3 is 4.43 Å². The Labute approximate surface area is 69.4 Å². The average molecular weight is 172 g/mol. The van der Waals surface area contributed by atoms with Crippen LogP contribution < -0.4 is 0 Å². The molecular weight excluding hydrogens is 156 g/mol. The smallest absolute Gasteiger partial charge is 0.184 e. The predicted octanol–water partition coefficient (Wildman–Crippen LogP) is 1.98. The molecule has 0 unspecified atom stereocenters. The predicted molar refractivity (Wildman–Crippen MR) is 49.1 cm³/mol. The summed E-state index contributed by atoms with van der Waals surface area (Å²) in [7, 11) is -1.50. The first-order chi connectivity index (χ1) is 4.95. The maximum absolute atomic E-state index is 10.9. The number of hydrogen-bond acceptors (Lipinski definition) is 2. The van der Waals surface area contributed by atoms with Crippen LogP contribution in [0.4, 0.5) is 0 Å². The molecule has 0 aromatic rings. The number of allylic oxidation sites excluding steroid dienone is 1. The Morgan fingerprint density at radius 3 is 2.36 bits per heavy atom. The quantitative estimate of drug-likeness (QED) is 0.479. The molecule has 2 nitrogen and oxygen atoms in total. The summed E-state index contributed by atoms with van der Waals surface area (Å²) in [5.74, 6) is 0.0509. The van der Waals surface area contributed by atoms with Gasteiger partial charge in [0.25, 0.3) is 0 Å². The van der Waals surface area contributed by atoms with Gasteiger partial charge in [-0.05, 0) is 32.6 Å². The van der Waals surface area contributed by atoms with Gasteiger partial charge in [-0.2, -0.15) is 0 Å². The van der Waals surface area contributed by atoms with Crippen LogP contribution in [-0.2, 0) is 9.22 Å². The average Bonchev–Trinajstić information content (AvgIpc) is 1.83. The largest absolute Gasteiger partial charge is 0.410 e. The van der Waals surface area contributed by atoms with Crippen molar-refractivity contribution in [2.24, 2.45) is 0 Å².